The molecule has 15 heavy (non-hydrogen) atoms. The largest absolute Gasteiger partial charge is 0.353 e. The van der Waals surface area contributed by atoms with E-state index in [0.717, 1.165) is 31.2 Å². The molecule has 0 radical (unpaired) electrons. The van der Waals surface area contributed by atoms with E-state index in [0.29, 0.717) is 0 Å². The van der Waals surface area contributed by atoms with E-state index in [9.17, 15) is 0 Å². The molecule has 4 nitrogen and oxygen atoms in total. The number of piperazine rings is 1. The van der Waals surface area contributed by atoms with E-state index in [4.69, 9.17) is 10.5 Å². The van der Waals surface area contributed by atoms with Crippen molar-refractivity contribution in [2.75, 3.05) is 39.5 Å². The van der Waals surface area contributed by atoms with Gasteiger partial charge in [0.05, 0.1) is 38.3 Å². The number of likely N-dealkylation sites (N-methyl/N-ethyl adjacent to an activating group) is 1. The van der Waals surface area contributed by atoms with Gasteiger partial charge < -0.3 is 9.80 Å². The summed E-state index contributed by atoms with van der Waals surface area (Å²) < 4.78 is 0. The van der Waals surface area contributed by atoms with E-state index >= 15 is 0 Å². The van der Waals surface area contributed by atoms with Gasteiger partial charge in [-0.1, -0.05) is 0 Å². The SMILES string of the molecule is CSC(=C(C#N)C#N)N1CC[NH+](C)CC1. The summed E-state index contributed by atoms with van der Waals surface area (Å²) in [5, 5.41) is 18.5. The van der Waals surface area contributed by atoms with Crippen LogP contribution >= 0.6 is 11.8 Å². The maximum atomic E-state index is 8.83. The third-order valence-electron chi connectivity index (χ3n) is 2.54. The van der Waals surface area contributed by atoms with Crippen LogP contribution in [0, 0.1) is 22.7 Å². The van der Waals surface area contributed by atoms with Crippen molar-refractivity contribution in [2.24, 2.45) is 0 Å². The highest BCUT2D eigenvalue weighted by molar-refractivity contribution is 8.02. The summed E-state index contributed by atoms with van der Waals surface area (Å²) in [6.07, 6.45) is 1.91. The molecule has 0 aromatic heterocycles. The van der Waals surface area contributed by atoms with Crippen LogP contribution in [0.4, 0.5) is 0 Å². The number of hydrogen-bond donors (Lipinski definition) is 1. The van der Waals surface area contributed by atoms with Gasteiger partial charge in [-0.05, 0) is 6.26 Å². The molecular formula is C10H15N4S+. The summed E-state index contributed by atoms with van der Waals surface area (Å²) in [6, 6.07) is 3.92. The van der Waals surface area contributed by atoms with Gasteiger partial charge in [-0.25, -0.2) is 0 Å². The van der Waals surface area contributed by atoms with Crippen LogP contribution in [0.5, 0.6) is 0 Å². The maximum absolute atomic E-state index is 8.83. The van der Waals surface area contributed by atoms with Crippen LogP contribution in [0.1, 0.15) is 0 Å². The fraction of sp³-hybridized carbons (Fsp3) is 0.600. The molecule has 0 amide bonds. The van der Waals surface area contributed by atoms with E-state index in [2.05, 4.69) is 11.9 Å². The van der Waals surface area contributed by atoms with Crippen LogP contribution in [-0.2, 0) is 0 Å². The molecule has 0 aromatic carbocycles. The third-order valence-corrected chi connectivity index (χ3v) is 3.38. The highest BCUT2D eigenvalue weighted by Gasteiger charge is 2.20. The number of thioether (sulfide) groups is 1. The first-order chi connectivity index (χ1) is 7.22. The lowest BCUT2D eigenvalue weighted by molar-refractivity contribution is -0.883. The Kier molecular flexibility index (Phi) is 4.48. The van der Waals surface area contributed by atoms with Gasteiger partial charge in [0.25, 0.3) is 0 Å². The molecule has 0 spiro atoms. The number of nitriles is 2. The normalized spacial score (nSPS) is 16.7. The lowest BCUT2D eigenvalue weighted by Crippen LogP contribution is -3.11. The average molecular weight is 223 g/mol. The molecule has 5 heteroatoms. The lowest BCUT2D eigenvalue weighted by atomic mass is 10.3. The Labute approximate surface area is 94.8 Å². The van der Waals surface area contributed by atoms with E-state index in [1.807, 2.05) is 18.4 Å². The van der Waals surface area contributed by atoms with E-state index < -0.39 is 0 Å². The predicted molar refractivity (Wildman–Crippen MR) is 60.0 cm³/mol. The second kappa shape index (κ2) is 5.65. The second-order valence-corrected chi connectivity index (χ2v) is 4.35. The first-order valence-electron chi connectivity index (χ1n) is 4.87. The number of hydrogen-bond acceptors (Lipinski definition) is 4. The van der Waals surface area contributed by atoms with Gasteiger partial charge in [0.2, 0.25) is 0 Å². The van der Waals surface area contributed by atoms with Crippen molar-refractivity contribution < 1.29 is 4.90 Å². The Morgan fingerprint density at radius 1 is 1.27 bits per heavy atom. The predicted octanol–water partition coefficient (Wildman–Crippen LogP) is -0.562. The molecule has 0 atom stereocenters. The van der Waals surface area contributed by atoms with Crippen LogP contribution in [0.25, 0.3) is 0 Å². The molecule has 1 aliphatic rings. The summed E-state index contributed by atoms with van der Waals surface area (Å²) in [4.78, 5) is 3.64. The van der Waals surface area contributed by atoms with Gasteiger partial charge in [0.15, 0.2) is 5.57 Å². The van der Waals surface area contributed by atoms with Crippen molar-refractivity contribution in [1.82, 2.24) is 4.90 Å². The minimum absolute atomic E-state index is 0.238. The molecule has 1 saturated heterocycles. The minimum Gasteiger partial charge on any atom is -0.353 e. The van der Waals surface area contributed by atoms with Gasteiger partial charge in [-0.2, -0.15) is 10.5 Å². The Morgan fingerprint density at radius 3 is 2.20 bits per heavy atom. The highest BCUT2D eigenvalue weighted by atomic mass is 32.2. The fourth-order valence-corrected chi connectivity index (χ4v) is 2.34. The van der Waals surface area contributed by atoms with E-state index in [1.54, 1.807) is 0 Å². The Hall–Kier alpha value is -1.17. The molecule has 1 fully saturated rings. The topological polar surface area (TPSA) is 55.3 Å². The Bertz CT molecular complexity index is 312. The fourth-order valence-electron chi connectivity index (χ4n) is 1.60. The molecule has 1 N–H and O–H groups in total. The van der Waals surface area contributed by atoms with Crippen molar-refractivity contribution >= 4 is 11.8 Å². The van der Waals surface area contributed by atoms with Gasteiger partial charge in [0, 0.05) is 0 Å². The Balaban J connectivity index is 2.81. The van der Waals surface area contributed by atoms with Crippen molar-refractivity contribution in [1.29, 1.82) is 10.5 Å². The van der Waals surface area contributed by atoms with Crippen LogP contribution in [0.2, 0.25) is 0 Å². The summed E-state index contributed by atoms with van der Waals surface area (Å²) in [6.45, 7) is 3.98. The number of nitrogens with one attached hydrogen (secondary N) is 1. The van der Waals surface area contributed by atoms with Gasteiger partial charge in [-0.15, -0.1) is 11.8 Å². The quantitative estimate of drug-likeness (QED) is 0.638. The van der Waals surface area contributed by atoms with Gasteiger partial charge in [-0.3, -0.25) is 0 Å². The summed E-state index contributed by atoms with van der Waals surface area (Å²) in [5.41, 5.74) is 0.238. The molecule has 0 aromatic rings. The summed E-state index contributed by atoms with van der Waals surface area (Å²) in [7, 11) is 2.16. The molecule has 1 aliphatic heterocycles. The first-order valence-corrected chi connectivity index (χ1v) is 6.10. The molecule has 0 saturated carbocycles. The highest BCUT2D eigenvalue weighted by Crippen LogP contribution is 2.20. The van der Waals surface area contributed by atoms with Crippen molar-refractivity contribution in [3.63, 3.8) is 0 Å². The van der Waals surface area contributed by atoms with Crippen molar-refractivity contribution in [3.05, 3.63) is 10.6 Å². The zero-order valence-electron chi connectivity index (χ0n) is 9.08. The van der Waals surface area contributed by atoms with E-state index in [1.165, 1.54) is 16.7 Å². The zero-order chi connectivity index (χ0) is 11.3. The molecule has 0 unspecified atom stereocenters. The van der Waals surface area contributed by atoms with Gasteiger partial charge in [0.1, 0.15) is 12.1 Å². The summed E-state index contributed by atoms with van der Waals surface area (Å²) >= 11 is 1.49. The van der Waals surface area contributed by atoms with Crippen LogP contribution in [0.3, 0.4) is 0 Å². The maximum Gasteiger partial charge on any atom is 0.159 e. The Morgan fingerprint density at radius 2 is 1.80 bits per heavy atom. The van der Waals surface area contributed by atoms with Gasteiger partial charge >= 0.3 is 0 Å². The number of allylic oxidation sites excluding steroid dienone is 1. The number of nitrogens with zero attached hydrogens (tertiary/aromatic N) is 3. The number of quaternary nitrogens is 1. The molecule has 1 heterocycles. The van der Waals surface area contributed by atoms with Crippen LogP contribution in [0.15, 0.2) is 10.6 Å². The van der Waals surface area contributed by atoms with Crippen LogP contribution < -0.4 is 4.90 Å². The molecule has 80 valence electrons. The molecule has 0 bridgehead atoms. The van der Waals surface area contributed by atoms with Crippen LogP contribution in [-0.4, -0.2) is 44.4 Å². The number of rotatable bonds is 2. The smallest absolute Gasteiger partial charge is 0.159 e. The first kappa shape index (κ1) is 11.9. The lowest BCUT2D eigenvalue weighted by Gasteiger charge is -2.32. The minimum atomic E-state index is 0.238. The average Bonchev–Trinajstić information content (AvgIpc) is 2.27. The molecular weight excluding hydrogens is 208 g/mol. The zero-order valence-corrected chi connectivity index (χ0v) is 9.89. The standard InChI is InChI=1S/C10H14N4S/c1-13-3-5-14(6-4-13)10(15-2)9(7-11)8-12/h3-6H2,1-2H3/p+1. The molecule has 1 rings (SSSR count). The monoisotopic (exact) mass is 223 g/mol. The molecule has 0 aliphatic carbocycles. The van der Waals surface area contributed by atoms with Crippen molar-refractivity contribution in [3.8, 4) is 12.1 Å². The van der Waals surface area contributed by atoms with Crippen molar-refractivity contribution in [2.45, 2.75) is 0 Å². The second-order valence-electron chi connectivity index (χ2n) is 3.55. The third kappa shape index (κ3) is 2.89. The summed E-state index contributed by atoms with van der Waals surface area (Å²) in [5.74, 6) is 0. The van der Waals surface area contributed by atoms with E-state index in [-0.39, 0.29) is 5.57 Å².